The molecule has 7 heteroatoms. The normalized spacial score (nSPS) is 11.5. The molecule has 0 bridgehead atoms. The van der Waals surface area contributed by atoms with Gasteiger partial charge in [-0.15, -0.1) is 22.7 Å². The Hall–Kier alpha value is -3.21. The van der Waals surface area contributed by atoms with Crippen molar-refractivity contribution in [2.24, 2.45) is 7.05 Å². The molecule has 0 N–H and O–H groups in total. The van der Waals surface area contributed by atoms with E-state index in [1.165, 1.54) is 11.3 Å². The molecule has 0 saturated carbocycles. The van der Waals surface area contributed by atoms with Gasteiger partial charge in [0.05, 0.1) is 22.5 Å². The second kappa shape index (κ2) is 7.43. The Kier molecular flexibility index (Phi) is 4.82. The van der Waals surface area contributed by atoms with Gasteiger partial charge in [0.15, 0.2) is 0 Å². The number of rotatable bonds is 4. The Morgan fingerprint density at radius 3 is 2.64 bits per heavy atom. The third kappa shape index (κ3) is 3.13. The number of hydrogen-bond acceptors (Lipinski definition) is 5. The van der Waals surface area contributed by atoms with Gasteiger partial charge in [-0.3, -0.25) is 9.48 Å². The van der Waals surface area contributed by atoms with Crippen LogP contribution >= 0.6 is 22.7 Å². The number of nitriles is 1. The summed E-state index contributed by atoms with van der Waals surface area (Å²) in [7, 11) is 1.86. The van der Waals surface area contributed by atoms with Gasteiger partial charge >= 0.3 is 0 Å². The van der Waals surface area contributed by atoms with E-state index in [0.717, 1.165) is 16.3 Å². The standard InChI is InChI=1S/C21H16N4OS2/c1-14-19(21(26)25(24(14)2)16-7-4-3-5-8-16)18-13-28-20(23-18)15(12-22)11-17-9-6-10-27-17/h3-11,13H,1-2H3/b15-11+. The van der Waals surface area contributed by atoms with Crippen molar-refractivity contribution in [2.45, 2.75) is 6.92 Å². The smallest absolute Gasteiger partial charge is 0.281 e. The lowest BCUT2D eigenvalue weighted by molar-refractivity contribution is 0.630. The highest BCUT2D eigenvalue weighted by molar-refractivity contribution is 7.12. The summed E-state index contributed by atoms with van der Waals surface area (Å²) < 4.78 is 3.47. The van der Waals surface area contributed by atoms with E-state index in [9.17, 15) is 10.1 Å². The molecule has 0 spiro atoms. The molecule has 0 radical (unpaired) electrons. The molecule has 0 amide bonds. The van der Waals surface area contributed by atoms with Crippen LogP contribution in [0.1, 0.15) is 15.6 Å². The third-order valence-electron chi connectivity index (χ3n) is 4.50. The van der Waals surface area contributed by atoms with Gasteiger partial charge in [0, 0.05) is 23.0 Å². The fourth-order valence-electron chi connectivity index (χ4n) is 3.03. The summed E-state index contributed by atoms with van der Waals surface area (Å²) in [6.45, 7) is 1.90. The Morgan fingerprint density at radius 1 is 1.18 bits per heavy atom. The summed E-state index contributed by atoms with van der Waals surface area (Å²) in [5.74, 6) is 0. The number of aromatic nitrogens is 3. The van der Waals surface area contributed by atoms with Crippen LogP contribution < -0.4 is 5.56 Å². The van der Waals surface area contributed by atoms with Gasteiger partial charge in [-0.25, -0.2) is 9.67 Å². The monoisotopic (exact) mass is 404 g/mol. The van der Waals surface area contributed by atoms with Crippen molar-refractivity contribution < 1.29 is 0 Å². The largest absolute Gasteiger partial charge is 0.285 e. The summed E-state index contributed by atoms with van der Waals surface area (Å²) in [5, 5.41) is 14.0. The van der Waals surface area contributed by atoms with Crippen molar-refractivity contribution in [1.82, 2.24) is 14.3 Å². The van der Waals surface area contributed by atoms with Gasteiger partial charge in [0.1, 0.15) is 11.1 Å². The number of hydrogen-bond donors (Lipinski definition) is 0. The molecule has 5 nitrogen and oxygen atoms in total. The summed E-state index contributed by atoms with van der Waals surface area (Å²) in [6, 6.07) is 15.6. The molecule has 0 aliphatic rings. The molecule has 3 aromatic heterocycles. The Bertz CT molecular complexity index is 1250. The highest BCUT2D eigenvalue weighted by atomic mass is 32.1. The lowest BCUT2D eigenvalue weighted by Gasteiger charge is -2.07. The fraction of sp³-hybridized carbons (Fsp3) is 0.0952. The number of para-hydroxylation sites is 1. The van der Waals surface area contributed by atoms with Crippen molar-refractivity contribution in [2.75, 3.05) is 0 Å². The van der Waals surface area contributed by atoms with Crippen molar-refractivity contribution in [3.8, 4) is 23.0 Å². The Balaban J connectivity index is 1.80. The van der Waals surface area contributed by atoms with Crippen LogP contribution in [0, 0.1) is 18.3 Å². The molecular weight excluding hydrogens is 388 g/mol. The minimum atomic E-state index is -0.121. The first kappa shape index (κ1) is 18.2. The van der Waals surface area contributed by atoms with E-state index < -0.39 is 0 Å². The predicted octanol–water partition coefficient (Wildman–Crippen LogP) is 4.73. The van der Waals surface area contributed by atoms with Crippen LogP contribution in [0.5, 0.6) is 0 Å². The fourth-order valence-corrected chi connectivity index (χ4v) is 4.47. The number of allylic oxidation sites excluding steroid dienone is 1. The second-order valence-electron chi connectivity index (χ2n) is 6.16. The molecular formula is C21H16N4OS2. The summed E-state index contributed by atoms with van der Waals surface area (Å²) in [5.41, 5.74) is 3.16. The maximum absolute atomic E-state index is 13.1. The minimum Gasteiger partial charge on any atom is -0.285 e. The van der Waals surface area contributed by atoms with E-state index >= 15 is 0 Å². The van der Waals surface area contributed by atoms with Gasteiger partial charge in [0.25, 0.3) is 5.56 Å². The molecule has 4 aromatic rings. The highest BCUT2D eigenvalue weighted by Gasteiger charge is 2.20. The number of benzene rings is 1. The molecule has 138 valence electrons. The van der Waals surface area contributed by atoms with E-state index in [-0.39, 0.29) is 5.56 Å². The highest BCUT2D eigenvalue weighted by Crippen LogP contribution is 2.28. The van der Waals surface area contributed by atoms with Crippen molar-refractivity contribution in [3.05, 3.63) is 79.2 Å². The van der Waals surface area contributed by atoms with Crippen LogP contribution in [0.3, 0.4) is 0 Å². The zero-order valence-corrected chi connectivity index (χ0v) is 16.9. The summed E-state index contributed by atoms with van der Waals surface area (Å²) >= 11 is 2.94. The first-order valence-corrected chi connectivity index (χ1v) is 10.3. The second-order valence-corrected chi connectivity index (χ2v) is 8.00. The van der Waals surface area contributed by atoms with Gasteiger partial charge in [0.2, 0.25) is 0 Å². The quantitative estimate of drug-likeness (QED) is 0.462. The van der Waals surface area contributed by atoms with E-state index in [1.54, 1.807) is 16.0 Å². The molecule has 0 saturated heterocycles. The molecule has 0 aliphatic carbocycles. The molecule has 0 unspecified atom stereocenters. The van der Waals surface area contributed by atoms with Crippen LogP contribution in [-0.4, -0.2) is 14.3 Å². The first-order chi connectivity index (χ1) is 13.6. The van der Waals surface area contributed by atoms with E-state index in [1.807, 2.05) is 78.0 Å². The van der Waals surface area contributed by atoms with Crippen LogP contribution in [0.4, 0.5) is 0 Å². The molecule has 0 atom stereocenters. The van der Waals surface area contributed by atoms with Crippen LogP contribution in [0.2, 0.25) is 0 Å². The van der Waals surface area contributed by atoms with E-state index in [4.69, 9.17) is 0 Å². The third-order valence-corrected chi connectivity index (χ3v) is 6.19. The lowest BCUT2D eigenvalue weighted by Crippen LogP contribution is -2.20. The summed E-state index contributed by atoms with van der Waals surface area (Å²) in [6.07, 6.45) is 1.83. The van der Waals surface area contributed by atoms with Crippen LogP contribution in [0.25, 0.3) is 28.6 Å². The number of thiophene rings is 1. The van der Waals surface area contributed by atoms with Gasteiger partial charge in [-0.2, -0.15) is 5.26 Å². The lowest BCUT2D eigenvalue weighted by atomic mass is 10.2. The number of thiazole rings is 1. The Labute approximate surface area is 170 Å². The maximum Gasteiger partial charge on any atom is 0.281 e. The maximum atomic E-state index is 13.1. The SMILES string of the molecule is Cc1c(-c2csc(/C(C#N)=C/c3cccs3)n2)c(=O)n(-c2ccccc2)n1C. The molecule has 0 fully saturated rings. The first-order valence-electron chi connectivity index (χ1n) is 8.55. The van der Waals surface area contributed by atoms with Gasteiger partial charge in [-0.1, -0.05) is 24.3 Å². The molecule has 4 rings (SSSR count). The van der Waals surface area contributed by atoms with E-state index in [0.29, 0.717) is 21.8 Å². The average molecular weight is 405 g/mol. The van der Waals surface area contributed by atoms with Crippen molar-refractivity contribution >= 4 is 34.3 Å². The van der Waals surface area contributed by atoms with Gasteiger partial charge < -0.3 is 0 Å². The molecule has 0 aliphatic heterocycles. The number of nitrogens with zero attached hydrogens (tertiary/aromatic N) is 4. The predicted molar refractivity (Wildman–Crippen MR) is 115 cm³/mol. The zero-order chi connectivity index (χ0) is 19.7. The van der Waals surface area contributed by atoms with Gasteiger partial charge in [-0.05, 0) is 36.6 Å². The topological polar surface area (TPSA) is 63.6 Å². The van der Waals surface area contributed by atoms with Crippen LogP contribution in [0.15, 0.2) is 58.0 Å². The Morgan fingerprint density at radius 2 is 1.96 bits per heavy atom. The van der Waals surface area contributed by atoms with Crippen molar-refractivity contribution in [3.63, 3.8) is 0 Å². The minimum absolute atomic E-state index is 0.121. The molecule has 1 aromatic carbocycles. The zero-order valence-electron chi connectivity index (χ0n) is 15.3. The molecule has 3 heterocycles. The van der Waals surface area contributed by atoms with Crippen LogP contribution in [-0.2, 0) is 7.05 Å². The van der Waals surface area contributed by atoms with Crippen molar-refractivity contribution in [1.29, 1.82) is 5.26 Å². The molecule has 28 heavy (non-hydrogen) atoms. The van der Waals surface area contributed by atoms with E-state index in [2.05, 4.69) is 11.1 Å². The summed E-state index contributed by atoms with van der Waals surface area (Å²) in [4.78, 5) is 18.7. The average Bonchev–Trinajstić information content (AvgIpc) is 3.43.